The van der Waals surface area contributed by atoms with Crippen molar-refractivity contribution in [3.05, 3.63) is 44.5 Å². The van der Waals surface area contributed by atoms with Gasteiger partial charge < -0.3 is 11.1 Å². The van der Waals surface area contributed by atoms with Gasteiger partial charge in [-0.15, -0.1) is 0 Å². The Balaban J connectivity index is 2.12. The maximum absolute atomic E-state index is 11.9. The van der Waals surface area contributed by atoms with Crippen molar-refractivity contribution in [2.75, 3.05) is 11.1 Å². The zero-order valence-corrected chi connectivity index (χ0v) is 11.6. The smallest absolute Gasteiger partial charge is 0.308 e. The van der Waals surface area contributed by atoms with Crippen LogP contribution in [0.1, 0.15) is 10.6 Å². The summed E-state index contributed by atoms with van der Waals surface area (Å²) in [6.07, 6.45) is 0. The van der Waals surface area contributed by atoms with Gasteiger partial charge in [-0.25, -0.2) is 0 Å². The topological polar surface area (TPSA) is 77.1 Å². The van der Waals surface area contributed by atoms with E-state index < -0.39 is 0 Å². The molecule has 0 saturated carbocycles. The fourth-order valence-electron chi connectivity index (χ4n) is 1.73. The van der Waals surface area contributed by atoms with Crippen molar-refractivity contribution in [2.45, 2.75) is 20.4 Å². The lowest BCUT2D eigenvalue weighted by atomic mass is 10.3. The molecule has 0 atom stereocenters. The van der Waals surface area contributed by atoms with Crippen molar-refractivity contribution in [2.24, 2.45) is 0 Å². The van der Waals surface area contributed by atoms with Crippen molar-refractivity contribution in [1.82, 2.24) is 4.57 Å². The number of aromatic nitrogens is 1. The van der Waals surface area contributed by atoms with Gasteiger partial charge in [0.05, 0.1) is 0 Å². The van der Waals surface area contributed by atoms with E-state index in [1.54, 1.807) is 24.3 Å². The molecule has 0 bridgehead atoms. The molecule has 1 amide bonds. The number of nitrogen functional groups attached to an aromatic ring is 1. The molecule has 2 rings (SSSR count). The zero-order chi connectivity index (χ0) is 14.0. The summed E-state index contributed by atoms with van der Waals surface area (Å²) < 4.78 is 1.47. The molecule has 1 aromatic heterocycles. The Kier molecular flexibility index (Phi) is 3.71. The number of carbonyl (C=O) groups is 1. The first kappa shape index (κ1) is 13.4. The third-order valence-corrected chi connectivity index (χ3v) is 3.84. The number of aryl methyl sites for hydroxylation is 1. The number of rotatable bonds is 3. The largest absolute Gasteiger partial charge is 0.399 e. The lowest BCUT2D eigenvalue weighted by Gasteiger charge is -2.07. The quantitative estimate of drug-likeness (QED) is 0.839. The van der Waals surface area contributed by atoms with Gasteiger partial charge in [-0.1, -0.05) is 17.4 Å². The number of nitrogens with two attached hydrogens (primary N) is 1. The molecule has 0 spiro atoms. The van der Waals surface area contributed by atoms with Gasteiger partial charge in [-0.2, -0.15) is 0 Å². The number of hydrogen-bond donors (Lipinski definition) is 2. The second kappa shape index (κ2) is 5.27. The summed E-state index contributed by atoms with van der Waals surface area (Å²) in [6, 6.07) is 6.93. The first-order valence-corrected chi connectivity index (χ1v) is 6.61. The minimum atomic E-state index is -0.242. The van der Waals surface area contributed by atoms with Gasteiger partial charge >= 0.3 is 4.87 Å². The minimum absolute atomic E-state index is 0.0177. The normalized spacial score (nSPS) is 10.4. The molecule has 100 valence electrons. The molecule has 0 fully saturated rings. The summed E-state index contributed by atoms with van der Waals surface area (Å²) in [5, 5.41) is 2.72. The highest BCUT2D eigenvalue weighted by atomic mass is 32.1. The van der Waals surface area contributed by atoms with Crippen LogP contribution in [0.4, 0.5) is 11.4 Å². The number of carbonyl (C=O) groups excluding carboxylic acids is 1. The van der Waals surface area contributed by atoms with E-state index in [9.17, 15) is 9.59 Å². The predicted octanol–water partition coefficient (Wildman–Crippen LogP) is 1.75. The van der Waals surface area contributed by atoms with E-state index in [4.69, 9.17) is 5.73 Å². The average Bonchev–Trinajstić information content (AvgIpc) is 2.56. The molecular formula is C13H15N3O2S. The van der Waals surface area contributed by atoms with E-state index in [0.29, 0.717) is 11.4 Å². The van der Waals surface area contributed by atoms with Crippen LogP contribution < -0.4 is 15.9 Å². The van der Waals surface area contributed by atoms with Gasteiger partial charge in [-0.3, -0.25) is 14.2 Å². The van der Waals surface area contributed by atoms with Crippen molar-refractivity contribution in [1.29, 1.82) is 0 Å². The van der Waals surface area contributed by atoms with E-state index in [2.05, 4.69) is 5.32 Å². The number of nitrogens with one attached hydrogen (secondary N) is 1. The van der Waals surface area contributed by atoms with Gasteiger partial charge in [0.15, 0.2) is 0 Å². The summed E-state index contributed by atoms with van der Waals surface area (Å²) in [5.41, 5.74) is 7.67. The first-order valence-electron chi connectivity index (χ1n) is 5.79. The van der Waals surface area contributed by atoms with E-state index in [0.717, 1.165) is 21.9 Å². The van der Waals surface area contributed by atoms with Crippen molar-refractivity contribution in [3.63, 3.8) is 0 Å². The molecule has 0 radical (unpaired) electrons. The number of thiazole rings is 1. The molecule has 0 saturated heterocycles. The number of nitrogens with zero attached hydrogens (tertiary/aromatic N) is 1. The summed E-state index contributed by atoms with van der Waals surface area (Å²) in [6.45, 7) is 3.72. The van der Waals surface area contributed by atoms with Crippen LogP contribution in [0.15, 0.2) is 29.1 Å². The van der Waals surface area contributed by atoms with Gasteiger partial charge in [-0.05, 0) is 32.0 Å². The summed E-state index contributed by atoms with van der Waals surface area (Å²) >= 11 is 1.15. The Morgan fingerprint density at radius 2 is 2.16 bits per heavy atom. The molecule has 0 aliphatic carbocycles. The second-order valence-electron chi connectivity index (χ2n) is 4.27. The Hall–Kier alpha value is -2.08. The fourth-order valence-corrected chi connectivity index (χ4v) is 2.56. The van der Waals surface area contributed by atoms with Crippen LogP contribution in [0.2, 0.25) is 0 Å². The van der Waals surface area contributed by atoms with E-state index in [1.165, 1.54) is 4.57 Å². The molecule has 5 nitrogen and oxygen atoms in total. The Labute approximate surface area is 114 Å². The summed E-state index contributed by atoms with van der Waals surface area (Å²) in [5.74, 6) is -0.242. The second-order valence-corrected chi connectivity index (χ2v) is 5.44. The third kappa shape index (κ3) is 3.03. The number of anilines is 2. The van der Waals surface area contributed by atoms with E-state index in [1.807, 2.05) is 13.8 Å². The molecule has 0 aliphatic rings. The lowest BCUT2D eigenvalue weighted by molar-refractivity contribution is -0.116. The molecule has 0 aliphatic heterocycles. The Morgan fingerprint density at radius 3 is 2.74 bits per heavy atom. The Bertz CT molecular complexity index is 673. The fraction of sp³-hybridized carbons (Fsp3) is 0.231. The maximum atomic E-state index is 11.9. The molecular weight excluding hydrogens is 262 g/mol. The predicted molar refractivity (Wildman–Crippen MR) is 77.5 cm³/mol. The standard InChI is InChI=1S/C13H15N3O2S/c1-8-9(2)19-13(18)16(8)7-12(17)15-11-5-3-4-10(14)6-11/h3-6H,7,14H2,1-2H3,(H,15,17). The SMILES string of the molecule is Cc1sc(=O)n(CC(=O)Nc2cccc(N)c2)c1C. The molecule has 3 N–H and O–H groups in total. The first-order chi connectivity index (χ1) is 8.97. The van der Waals surface area contributed by atoms with Crippen LogP contribution >= 0.6 is 11.3 Å². The molecule has 6 heteroatoms. The van der Waals surface area contributed by atoms with Crippen LogP contribution in [0.5, 0.6) is 0 Å². The van der Waals surface area contributed by atoms with Gasteiger partial charge in [0.2, 0.25) is 5.91 Å². The summed E-state index contributed by atoms with van der Waals surface area (Å²) in [7, 11) is 0. The van der Waals surface area contributed by atoms with Gasteiger partial charge in [0, 0.05) is 21.9 Å². The van der Waals surface area contributed by atoms with Gasteiger partial charge in [0.25, 0.3) is 0 Å². The van der Waals surface area contributed by atoms with E-state index in [-0.39, 0.29) is 17.3 Å². The molecule has 0 unspecified atom stereocenters. The molecule has 2 aromatic rings. The van der Waals surface area contributed by atoms with Crippen LogP contribution in [0, 0.1) is 13.8 Å². The van der Waals surface area contributed by atoms with Crippen molar-refractivity contribution >= 4 is 28.6 Å². The maximum Gasteiger partial charge on any atom is 0.308 e. The highest BCUT2D eigenvalue weighted by molar-refractivity contribution is 7.09. The van der Waals surface area contributed by atoms with Gasteiger partial charge in [0.1, 0.15) is 6.54 Å². The van der Waals surface area contributed by atoms with Crippen molar-refractivity contribution < 1.29 is 4.79 Å². The van der Waals surface area contributed by atoms with Crippen molar-refractivity contribution in [3.8, 4) is 0 Å². The monoisotopic (exact) mass is 277 g/mol. The molecule has 19 heavy (non-hydrogen) atoms. The zero-order valence-electron chi connectivity index (χ0n) is 10.8. The number of benzene rings is 1. The van der Waals surface area contributed by atoms with Crippen LogP contribution in [-0.2, 0) is 11.3 Å². The van der Waals surface area contributed by atoms with Crippen LogP contribution in [0.3, 0.4) is 0 Å². The molecule has 1 aromatic carbocycles. The number of amides is 1. The average molecular weight is 277 g/mol. The molecule has 1 heterocycles. The minimum Gasteiger partial charge on any atom is -0.399 e. The van der Waals surface area contributed by atoms with Crippen LogP contribution in [0.25, 0.3) is 0 Å². The third-order valence-electron chi connectivity index (χ3n) is 2.85. The summed E-state index contributed by atoms with van der Waals surface area (Å²) in [4.78, 5) is 24.4. The van der Waals surface area contributed by atoms with E-state index >= 15 is 0 Å². The lowest BCUT2D eigenvalue weighted by Crippen LogP contribution is -2.25. The Morgan fingerprint density at radius 1 is 1.42 bits per heavy atom. The highest BCUT2D eigenvalue weighted by Crippen LogP contribution is 2.13. The van der Waals surface area contributed by atoms with Crippen LogP contribution in [-0.4, -0.2) is 10.5 Å². The highest BCUT2D eigenvalue weighted by Gasteiger charge is 2.11. The number of hydrogen-bond acceptors (Lipinski definition) is 4.